The summed E-state index contributed by atoms with van der Waals surface area (Å²) in [7, 11) is 1.80. The molecule has 4 nitrogen and oxygen atoms in total. The highest BCUT2D eigenvalue weighted by atomic mass is 16.2. The number of nitrogens with zero attached hydrogens (tertiary/aromatic N) is 2. The number of fused-ring (bicyclic) bond motifs is 1. The Morgan fingerprint density at radius 1 is 1.47 bits per heavy atom. The predicted octanol–water partition coefficient (Wildman–Crippen LogP) is 2.15. The van der Waals surface area contributed by atoms with E-state index in [1.807, 2.05) is 25.1 Å². The molecule has 0 aromatic heterocycles. The smallest absolute Gasteiger partial charge is 0.227 e. The van der Waals surface area contributed by atoms with Crippen molar-refractivity contribution < 1.29 is 4.79 Å². The molecule has 0 spiro atoms. The Bertz CT molecular complexity index is 533. The van der Waals surface area contributed by atoms with Crippen molar-refractivity contribution in [2.45, 2.75) is 32.2 Å². The Kier molecular flexibility index (Phi) is 3.87. The van der Waals surface area contributed by atoms with Gasteiger partial charge in [0, 0.05) is 25.2 Å². The average molecular weight is 257 g/mol. The van der Waals surface area contributed by atoms with Gasteiger partial charge in [-0.05, 0) is 30.0 Å². The van der Waals surface area contributed by atoms with E-state index in [4.69, 9.17) is 11.0 Å². The summed E-state index contributed by atoms with van der Waals surface area (Å²) in [6, 6.07) is 7.91. The number of benzene rings is 1. The summed E-state index contributed by atoms with van der Waals surface area (Å²) < 4.78 is 0. The van der Waals surface area contributed by atoms with Crippen molar-refractivity contribution in [2.75, 3.05) is 11.9 Å². The van der Waals surface area contributed by atoms with Gasteiger partial charge in [0.05, 0.1) is 12.0 Å². The zero-order valence-electron chi connectivity index (χ0n) is 11.4. The predicted molar refractivity (Wildman–Crippen MR) is 74.5 cm³/mol. The lowest BCUT2D eigenvalue weighted by molar-refractivity contribution is -0.118. The first-order valence-electron chi connectivity index (χ1n) is 6.63. The molecule has 1 aromatic rings. The van der Waals surface area contributed by atoms with E-state index < -0.39 is 0 Å². The van der Waals surface area contributed by atoms with Gasteiger partial charge in [-0.25, -0.2) is 0 Å². The second kappa shape index (κ2) is 5.41. The number of rotatable bonds is 3. The minimum Gasteiger partial charge on any atom is -0.323 e. The molecular formula is C15H19N3O. The number of aryl methyl sites for hydroxylation is 1. The Hall–Kier alpha value is -1.86. The molecule has 1 heterocycles. The topological polar surface area (TPSA) is 70.1 Å². The molecule has 0 bridgehead atoms. The highest BCUT2D eigenvalue weighted by Gasteiger charge is 2.23. The summed E-state index contributed by atoms with van der Waals surface area (Å²) in [5.74, 6) is -0.0194. The van der Waals surface area contributed by atoms with Gasteiger partial charge in [-0.2, -0.15) is 5.26 Å². The van der Waals surface area contributed by atoms with Gasteiger partial charge in [-0.15, -0.1) is 0 Å². The van der Waals surface area contributed by atoms with Crippen LogP contribution in [0.25, 0.3) is 0 Å². The quantitative estimate of drug-likeness (QED) is 0.901. The number of amides is 1. The lowest BCUT2D eigenvalue weighted by atomic mass is 9.90. The number of nitrogens with two attached hydrogens (primary N) is 1. The van der Waals surface area contributed by atoms with Gasteiger partial charge >= 0.3 is 0 Å². The first kappa shape index (κ1) is 13.6. The molecule has 2 unspecified atom stereocenters. The fourth-order valence-corrected chi connectivity index (χ4v) is 2.54. The van der Waals surface area contributed by atoms with Gasteiger partial charge in [0.1, 0.15) is 0 Å². The van der Waals surface area contributed by atoms with Crippen LogP contribution in [0.5, 0.6) is 0 Å². The summed E-state index contributed by atoms with van der Waals surface area (Å²) in [6.07, 6.45) is 2.03. The van der Waals surface area contributed by atoms with E-state index >= 15 is 0 Å². The normalized spacial score (nSPS) is 17.6. The van der Waals surface area contributed by atoms with Crippen molar-refractivity contribution in [1.29, 1.82) is 5.26 Å². The first-order chi connectivity index (χ1) is 9.08. The van der Waals surface area contributed by atoms with Crippen molar-refractivity contribution in [2.24, 2.45) is 11.7 Å². The minimum absolute atomic E-state index is 0.146. The lowest BCUT2D eigenvalue weighted by Crippen LogP contribution is -2.31. The van der Waals surface area contributed by atoms with Gasteiger partial charge in [-0.3, -0.25) is 4.79 Å². The molecule has 0 saturated carbocycles. The van der Waals surface area contributed by atoms with E-state index in [1.165, 1.54) is 0 Å². The van der Waals surface area contributed by atoms with Crippen LogP contribution in [-0.4, -0.2) is 13.0 Å². The van der Waals surface area contributed by atoms with Crippen molar-refractivity contribution >= 4 is 11.6 Å². The van der Waals surface area contributed by atoms with Gasteiger partial charge in [-0.1, -0.05) is 19.1 Å². The van der Waals surface area contributed by atoms with Crippen LogP contribution in [0.1, 0.15) is 36.9 Å². The van der Waals surface area contributed by atoms with Gasteiger partial charge in [0.15, 0.2) is 0 Å². The number of hydrogen-bond acceptors (Lipinski definition) is 3. The molecular weight excluding hydrogens is 238 g/mol. The van der Waals surface area contributed by atoms with Crippen LogP contribution in [0.15, 0.2) is 18.2 Å². The number of carbonyl (C=O) groups is 1. The Morgan fingerprint density at radius 3 is 2.84 bits per heavy atom. The van der Waals surface area contributed by atoms with Crippen molar-refractivity contribution in [1.82, 2.24) is 0 Å². The molecule has 0 saturated heterocycles. The second-order valence-corrected chi connectivity index (χ2v) is 5.01. The largest absolute Gasteiger partial charge is 0.323 e. The maximum Gasteiger partial charge on any atom is 0.227 e. The number of anilines is 1. The SMILES string of the molecule is CCC(C#N)C(N)c1ccc2c(c1)CCC(=O)N2C. The van der Waals surface area contributed by atoms with Crippen LogP contribution in [0, 0.1) is 17.2 Å². The van der Waals surface area contributed by atoms with Gasteiger partial charge in [0.2, 0.25) is 5.91 Å². The molecule has 2 rings (SSSR count). The molecule has 4 heteroatoms. The monoisotopic (exact) mass is 257 g/mol. The van der Waals surface area contributed by atoms with Gasteiger partial charge in [0.25, 0.3) is 0 Å². The molecule has 1 aromatic carbocycles. The molecule has 100 valence electrons. The maximum atomic E-state index is 11.6. The van der Waals surface area contributed by atoms with Crippen LogP contribution in [0.2, 0.25) is 0 Å². The molecule has 1 aliphatic rings. The third-order valence-corrected chi connectivity index (χ3v) is 3.87. The summed E-state index contributed by atoms with van der Waals surface area (Å²) in [5.41, 5.74) is 9.23. The summed E-state index contributed by atoms with van der Waals surface area (Å²) in [4.78, 5) is 13.3. The first-order valence-corrected chi connectivity index (χ1v) is 6.63. The molecule has 1 aliphatic heterocycles. The van der Waals surface area contributed by atoms with E-state index in [0.717, 1.165) is 29.7 Å². The van der Waals surface area contributed by atoms with Crippen LogP contribution in [0.4, 0.5) is 5.69 Å². The van der Waals surface area contributed by atoms with Crippen molar-refractivity contribution in [3.63, 3.8) is 0 Å². The summed E-state index contributed by atoms with van der Waals surface area (Å²) in [6.45, 7) is 1.97. The molecule has 0 radical (unpaired) electrons. The molecule has 19 heavy (non-hydrogen) atoms. The molecule has 1 amide bonds. The fourth-order valence-electron chi connectivity index (χ4n) is 2.54. The summed E-state index contributed by atoms with van der Waals surface area (Å²) in [5, 5.41) is 9.09. The highest BCUT2D eigenvalue weighted by Crippen LogP contribution is 2.31. The Balaban J connectivity index is 2.32. The summed E-state index contributed by atoms with van der Waals surface area (Å²) >= 11 is 0. The lowest BCUT2D eigenvalue weighted by Gasteiger charge is -2.27. The standard InChI is InChI=1S/C15H19N3O/c1-3-10(9-16)15(17)12-4-6-13-11(8-12)5-7-14(19)18(13)2/h4,6,8,10,15H,3,5,7,17H2,1-2H3. The molecule has 0 fully saturated rings. The Labute approximate surface area is 113 Å². The van der Waals surface area contributed by atoms with Gasteiger partial charge < -0.3 is 10.6 Å². The Morgan fingerprint density at radius 2 is 2.21 bits per heavy atom. The molecule has 2 N–H and O–H groups in total. The minimum atomic E-state index is -0.261. The molecule has 2 atom stereocenters. The van der Waals surface area contributed by atoms with E-state index in [-0.39, 0.29) is 17.9 Å². The second-order valence-electron chi connectivity index (χ2n) is 5.01. The number of nitriles is 1. The van der Waals surface area contributed by atoms with E-state index in [0.29, 0.717) is 6.42 Å². The zero-order valence-corrected chi connectivity index (χ0v) is 11.4. The van der Waals surface area contributed by atoms with Crippen LogP contribution >= 0.6 is 0 Å². The van der Waals surface area contributed by atoms with Crippen LogP contribution in [0.3, 0.4) is 0 Å². The van der Waals surface area contributed by atoms with Crippen molar-refractivity contribution in [3.8, 4) is 6.07 Å². The zero-order chi connectivity index (χ0) is 14.0. The fraction of sp³-hybridized carbons (Fsp3) is 0.467. The highest BCUT2D eigenvalue weighted by molar-refractivity contribution is 5.95. The third-order valence-electron chi connectivity index (χ3n) is 3.87. The van der Waals surface area contributed by atoms with E-state index in [9.17, 15) is 4.79 Å². The van der Waals surface area contributed by atoms with Crippen LogP contribution in [-0.2, 0) is 11.2 Å². The number of carbonyl (C=O) groups excluding carboxylic acids is 1. The van der Waals surface area contributed by atoms with Crippen molar-refractivity contribution in [3.05, 3.63) is 29.3 Å². The van der Waals surface area contributed by atoms with E-state index in [2.05, 4.69) is 6.07 Å². The van der Waals surface area contributed by atoms with Crippen LogP contribution < -0.4 is 10.6 Å². The third kappa shape index (κ3) is 2.47. The van der Waals surface area contributed by atoms with E-state index in [1.54, 1.807) is 11.9 Å². The maximum absolute atomic E-state index is 11.6. The molecule has 0 aliphatic carbocycles. The number of hydrogen-bond donors (Lipinski definition) is 1. The average Bonchev–Trinajstić information content (AvgIpc) is 2.44.